The van der Waals surface area contributed by atoms with Crippen LogP contribution in [0.4, 0.5) is 0 Å². The largest absolute Gasteiger partial charge is 0.493 e. The quantitative estimate of drug-likeness (QED) is 0.763. The highest BCUT2D eigenvalue weighted by Crippen LogP contribution is 2.25. The summed E-state index contributed by atoms with van der Waals surface area (Å²) in [6.07, 6.45) is 1.89. The molecule has 1 aliphatic heterocycles. The van der Waals surface area contributed by atoms with Crippen molar-refractivity contribution in [2.75, 3.05) is 26.9 Å². The normalized spacial score (nSPS) is 21.0. The van der Waals surface area contributed by atoms with Gasteiger partial charge in [0.05, 0.1) is 13.2 Å². The van der Waals surface area contributed by atoms with Crippen molar-refractivity contribution in [2.45, 2.75) is 38.0 Å². The second-order valence-electron chi connectivity index (χ2n) is 5.36. The standard InChI is InChI=1S/C16H25NO4/c1-12(14-8-5-9-20-14)17-10-13(18)11-21-16-7-4-3-6-15(16)19-2/h3-4,6-7,12-14,17-18H,5,8-11H2,1-2H3. The molecule has 0 aliphatic carbocycles. The molecule has 1 aromatic rings. The van der Waals surface area contributed by atoms with Crippen LogP contribution in [0, 0.1) is 0 Å². The minimum Gasteiger partial charge on any atom is -0.493 e. The summed E-state index contributed by atoms with van der Waals surface area (Å²) in [7, 11) is 1.60. The number of aliphatic hydroxyl groups is 1. The molecule has 0 saturated carbocycles. The summed E-state index contributed by atoms with van der Waals surface area (Å²) in [6, 6.07) is 7.66. The first kappa shape index (κ1) is 16.1. The lowest BCUT2D eigenvalue weighted by atomic mass is 10.1. The molecule has 3 unspecified atom stereocenters. The molecule has 2 rings (SSSR count). The zero-order chi connectivity index (χ0) is 15.1. The van der Waals surface area contributed by atoms with Gasteiger partial charge in [-0.2, -0.15) is 0 Å². The van der Waals surface area contributed by atoms with E-state index in [1.54, 1.807) is 7.11 Å². The summed E-state index contributed by atoms with van der Waals surface area (Å²) < 4.78 is 16.4. The van der Waals surface area contributed by atoms with E-state index in [4.69, 9.17) is 14.2 Å². The van der Waals surface area contributed by atoms with Gasteiger partial charge < -0.3 is 24.6 Å². The molecule has 1 fully saturated rings. The third kappa shape index (κ3) is 4.88. The number of methoxy groups -OCH3 is 1. The maximum Gasteiger partial charge on any atom is 0.161 e. The first-order chi connectivity index (χ1) is 10.2. The lowest BCUT2D eigenvalue weighted by Crippen LogP contribution is -2.42. The molecule has 1 aromatic carbocycles. The van der Waals surface area contributed by atoms with Crippen molar-refractivity contribution in [3.05, 3.63) is 24.3 Å². The van der Waals surface area contributed by atoms with Crippen LogP contribution in [0.5, 0.6) is 11.5 Å². The maximum atomic E-state index is 10.00. The topological polar surface area (TPSA) is 60.0 Å². The van der Waals surface area contributed by atoms with Gasteiger partial charge in [0.25, 0.3) is 0 Å². The number of benzene rings is 1. The zero-order valence-corrected chi connectivity index (χ0v) is 12.7. The minimum atomic E-state index is -0.571. The van der Waals surface area contributed by atoms with Gasteiger partial charge in [0.2, 0.25) is 0 Å². The smallest absolute Gasteiger partial charge is 0.161 e. The van der Waals surface area contributed by atoms with Gasteiger partial charge in [-0.3, -0.25) is 0 Å². The molecule has 0 spiro atoms. The van der Waals surface area contributed by atoms with Crippen molar-refractivity contribution >= 4 is 0 Å². The first-order valence-corrected chi connectivity index (χ1v) is 7.49. The fourth-order valence-electron chi connectivity index (χ4n) is 2.43. The Hall–Kier alpha value is -1.30. The molecule has 2 N–H and O–H groups in total. The molecule has 5 nitrogen and oxygen atoms in total. The van der Waals surface area contributed by atoms with Crippen LogP contribution < -0.4 is 14.8 Å². The van der Waals surface area contributed by atoms with Crippen LogP contribution in [-0.2, 0) is 4.74 Å². The van der Waals surface area contributed by atoms with Crippen molar-refractivity contribution in [1.82, 2.24) is 5.32 Å². The van der Waals surface area contributed by atoms with E-state index in [0.717, 1.165) is 19.4 Å². The summed E-state index contributed by atoms with van der Waals surface area (Å²) in [5, 5.41) is 13.3. The first-order valence-electron chi connectivity index (χ1n) is 7.49. The Balaban J connectivity index is 1.70. The monoisotopic (exact) mass is 295 g/mol. The Morgan fingerprint density at radius 3 is 2.81 bits per heavy atom. The number of rotatable bonds is 8. The predicted molar refractivity (Wildman–Crippen MR) is 80.9 cm³/mol. The number of hydrogen-bond acceptors (Lipinski definition) is 5. The maximum absolute atomic E-state index is 10.00. The average Bonchev–Trinajstić information content (AvgIpc) is 3.05. The number of hydrogen-bond donors (Lipinski definition) is 2. The van der Waals surface area contributed by atoms with Crippen LogP contribution in [0.15, 0.2) is 24.3 Å². The molecule has 3 atom stereocenters. The summed E-state index contributed by atoms with van der Waals surface area (Å²) >= 11 is 0. The second kappa shape index (κ2) is 8.22. The van der Waals surface area contributed by atoms with E-state index in [1.165, 1.54) is 0 Å². The highest BCUT2D eigenvalue weighted by Gasteiger charge is 2.22. The number of para-hydroxylation sites is 2. The van der Waals surface area contributed by atoms with Gasteiger partial charge in [-0.1, -0.05) is 12.1 Å². The van der Waals surface area contributed by atoms with Crippen LogP contribution in [-0.4, -0.2) is 50.2 Å². The Bertz CT molecular complexity index is 420. The van der Waals surface area contributed by atoms with Crippen molar-refractivity contribution in [1.29, 1.82) is 0 Å². The third-order valence-corrected chi connectivity index (χ3v) is 3.70. The summed E-state index contributed by atoms with van der Waals surface area (Å²) in [4.78, 5) is 0. The van der Waals surface area contributed by atoms with Crippen LogP contribution in [0.25, 0.3) is 0 Å². The molecule has 1 aliphatic rings. The zero-order valence-electron chi connectivity index (χ0n) is 12.7. The SMILES string of the molecule is COc1ccccc1OCC(O)CNC(C)C1CCCO1. The van der Waals surface area contributed by atoms with Crippen molar-refractivity contribution in [3.63, 3.8) is 0 Å². The van der Waals surface area contributed by atoms with Crippen LogP contribution in [0.3, 0.4) is 0 Å². The van der Waals surface area contributed by atoms with E-state index < -0.39 is 6.10 Å². The highest BCUT2D eigenvalue weighted by atomic mass is 16.5. The van der Waals surface area contributed by atoms with E-state index >= 15 is 0 Å². The van der Waals surface area contributed by atoms with Crippen LogP contribution in [0.1, 0.15) is 19.8 Å². The fraction of sp³-hybridized carbons (Fsp3) is 0.625. The summed E-state index contributed by atoms with van der Waals surface area (Å²) in [5.41, 5.74) is 0. The van der Waals surface area contributed by atoms with E-state index in [0.29, 0.717) is 18.0 Å². The molecular formula is C16H25NO4. The summed E-state index contributed by atoms with van der Waals surface area (Å²) in [5.74, 6) is 1.32. The Labute approximate surface area is 126 Å². The number of ether oxygens (including phenoxy) is 3. The van der Waals surface area contributed by atoms with E-state index in [-0.39, 0.29) is 18.8 Å². The van der Waals surface area contributed by atoms with E-state index in [2.05, 4.69) is 12.2 Å². The number of aliphatic hydroxyl groups excluding tert-OH is 1. The van der Waals surface area contributed by atoms with Gasteiger partial charge in [0.15, 0.2) is 11.5 Å². The lowest BCUT2D eigenvalue weighted by molar-refractivity contribution is 0.0671. The molecule has 1 heterocycles. The Kier molecular flexibility index (Phi) is 6.29. The minimum absolute atomic E-state index is 0.228. The molecular weight excluding hydrogens is 270 g/mol. The molecule has 5 heteroatoms. The average molecular weight is 295 g/mol. The van der Waals surface area contributed by atoms with Crippen LogP contribution in [0.2, 0.25) is 0 Å². The third-order valence-electron chi connectivity index (χ3n) is 3.70. The van der Waals surface area contributed by atoms with Gasteiger partial charge in [0, 0.05) is 19.2 Å². The Morgan fingerprint density at radius 1 is 1.38 bits per heavy atom. The fourth-order valence-corrected chi connectivity index (χ4v) is 2.43. The van der Waals surface area contributed by atoms with E-state index in [1.807, 2.05) is 24.3 Å². The van der Waals surface area contributed by atoms with Crippen molar-refractivity contribution < 1.29 is 19.3 Å². The molecule has 0 bridgehead atoms. The molecule has 1 saturated heterocycles. The van der Waals surface area contributed by atoms with Gasteiger partial charge >= 0.3 is 0 Å². The second-order valence-corrected chi connectivity index (χ2v) is 5.36. The van der Waals surface area contributed by atoms with Crippen molar-refractivity contribution in [2.24, 2.45) is 0 Å². The molecule has 0 radical (unpaired) electrons. The molecule has 21 heavy (non-hydrogen) atoms. The van der Waals surface area contributed by atoms with Gasteiger partial charge in [-0.05, 0) is 31.9 Å². The van der Waals surface area contributed by atoms with E-state index in [9.17, 15) is 5.11 Å². The number of nitrogens with one attached hydrogen (secondary N) is 1. The van der Waals surface area contributed by atoms with Crippen LogP contribution >= 0.6 is 0 Å². The molecule has 118 valence electrons. The molecule has 0 aromatic heterocycles. The predicted octanol–water partition coefficient (Wildman–Crippen LogP) is 1.59. The lowest BCUT2D eigenvalue weighted by Gasteiger charge is -2.22. The summed E-state index contributed by atoms with van der Waals surface area (Å²) in [6.45, 7) is 3.64. The van der Waals surface area contributed by atoms with Crippen molar-refractivity contribution in [3.8, 4) is 11.5 Å². The Morgan fingerprint density at radius 2 is 2.14 bits per heavy atom. The molecule has 0 amide bonds. The van der Waals surface area contributed by atoms with Gasteiger partial charge in [-0.25, -0.2) is 0 Å². The highest BCUT2D eigenvalue weighted by molar-refractivity contribution is 5.39. The van der Waals surface area contributed by atoms with Gasteiger partial charge in [-0.15, -0.1) is 0 Å². The van der Waals surface area contributed by atoms with Gasteiger partial charge in [0.1, 0.15) is 12.7 Å².